The third-order valence-electron chi connectivity index (χ3n) is 2.56. The maximum atomic E-state index is 5.63. The number of rotatable bonds is 6. The minimum Gasteiger partial charge on any atom is -0.461 e. The van der Waals surface area contributed by atoms with E-state index in [0.717, 1.165) is 12.1 Å². The molecule has 0 atom stereocenters. The van der Waals surface area contributed by atoms with Crippen molar-refractivity contribution < 1.29 is 4.74 Å². The predicted molar refractivity (Wildman–Crippen MR) is 75.4 cm³/mol. The Morgan fingerprint density at radius 3 is 2.80 bits per heavy atom. The van der Waals surface area contributed by atoms with E-state index in [0.29, 0.717) is 12.5 Å². The highest BCUT2D eigenvalue weighted by Crippen LogP contribution is 2.10. The summed E-state index contributed by atoms with van der Waals surface area (Å²) in [5.41, 5.74) is 6.75. The lowest BCUT2D eigenvalue weighted by Crippen LogP contribution is -2.14. The lowest BCUT2D eigenvalue weighted by molar-refractivity contribution is 0.222. The predicted octanol–water partition coefficient (Wildman–Crippen LogP) is 0.629. The molecule has 0 aliphatic carbocycles. The van der Waals surface area contributed by atoms with Gasteiger partial charge < -0.3 is 15.8 Å². The number of nitrogens with zero attached hydrogens (tertiary/aromatic N) is 5. The van der Waals surface area contributed by atoms with E-state index < -0.39 is 0 Å². The van der Waals surface area contributed by atoms with Crippen molar-refractivity contribution in [3.63, 3.8) is 0 Å². The molecule has 0 saturated heterocycles. The fraction of sp³-hybridized carbons (Fsp3) is 0.500. The van der Waals surface area contributed by atoms with Gasteiger partial charge in [0.25, 0.3) is 0 Å². The first-order valence-electron chi connectivity index (χ1n) is 6.43. The Morgan fingerprint density at radius 2 is 2.15 bits per heavy atom. The third-order valence-corrected chi connectivity index (χ3v) is 2.56. The van der Waals surface area contributed by atoms with Gasteiger partial charge in [-0.2, -0.15) is 20.1 Å². The molecular weight excluding hydrogens is 258 g/mol. The van der Waals surface area contributed by atoms with Crippen molar-refractivity contribution in [1.29, 1.82) is 0 Å². The Labute approximate surface area is 117 Å². The van der Waals surface area contributed by atoms with Crippen LogP contribution < -0.4 is 15.8 Å². The van der Waals surface area contributed by atoms with E-state index in [4.69, 9.17) is 10.5 Å². The van der Waals surface area contributed by atoms with Gasteiger partial charge >= 0.3 is 6.01 Å². The smallest absolute Gasteiger partial charge is 0.323 e. The summed E-state index contributed by atoms with van der Waals surface area (Å²) in [5.74, 6) is 0.550. The molecule has 0 unspecified atom stereocenters. The van der Waals surface area contributed by atoms with Crippen LogP contribution in [0.2, 0.25) is 0 Å². The number of aromatic nitrogens is 5. The zero-order chi connectivity index (χ0) is 14.5. The maximum absolute atomic E-state index is 5.63. The minimum absolute atomic E-state index is 0.0147. The van der Waals surface area contributed by atoms with Crippen LogP contribution in [0.3, 0.4) is 0 Å². The highest BCUT2D eigenvalue weighted by molar-refractivity contribution is 5.32. The van der Waals surface area contributed by atoms with Gasteiger partial charge in [-0.25, -0.2) is 0 Å². The van der Waals surface area contributed by atoms with Crippen LogP contribution in [0.1, 0.15) is 19.5 Å². The number of anilines is 2. The van der Waals surface area contributed by atoms with Gasteiger partial charge in [0.05, 0.1) is 6.10 Å². The molecule has 0 bridgehead atoms. The van der Waals surface area contributed by atoms with Crippen molar-refractivity contribution in [2.45, 2.75) is 26.4 Å². The molecule has 2 aromatic rings. The number of nitrogen functional groups attached to an aromatic ring is 1. The van der Waals surface area contributed by atoms with Gasteiger partial charge in [0.15, 0.2) is 0 Å². The first-order valence-corrected chi connectivity index (χ1v) is 6.43. The Morgan fingerprint density at radius 1 is 1.35 bits per heavy atom. The number of hydrogen-bond donors (Lipinski definition) is 2. The molecule has 2 rings (SSSR count). The van der Waals surface area contributed by atoms with Crippen LogP contribution in [-0.2, 0) is 13.5 Å². The molecule has 0 amide bonds. The first-order chi connectivity index (χ1) is 9.54. The second-order valence-corrected chi connectivity index (χ2v) is 4.59. The Kier molecular flexibility index (Phi) is 4.34. The van der Waals surface area contributed by atoms with Gasteiger partial charge in [-0.15, -0.1) is 0 Å². The van der Waals surface area contributed by atoms with Crippen molar-refractivity contribution in [1.82, 2.24) is 24.7 Å². The summed E-state index contributed by atoms with van der Waals surface area (Å²) in [4.78, 5) is 12.1. The van der Waals surface area contributed by atoms with Gasteiger partial charge in [-0.1, -0.05) is 0 Å². The topological polar surface area (TPSA) is 104 Å². The molecule has 8 nitrogen and oxygen atoms in total. The molecule has 2 aromatic heterocycles. The van der Waals surface area contributed by atoms with Crippen LogP contribution in [0.4, 0.5) is 11.9 Å². The van der Waals surface area contributed by atoms with Crippen LogP contribution in [0.25, 0.3) is 0 Å². The second kappa shape index (κ2) is 6.18. The molecule has 2 heterocycles. The summed E-state index contributed by atoms with van der Waals surface area (Å²) < 4.78 is 7.24. The Hall–Kier alpha value is -2.38. The average Bonchev–Trinajstić information content (AvgIpc) is 2.73. The molecule has 0 spiro atoms. The monoisotopic (exact) mass is 277 g/mol. The fourth-order valence-corrected chi connectivity index (χ4v) is 1.66. The molecule has 20 heavy (non-hydrogen) atoms. The van der Waals surface area contributed by atoms with E-state index in [9.17, 15) is 0 Å². The van der Waals surface area contributed by atoms with E-state index in [-0.39, 0.29) is 18.1 Å². The molecule has 0 fully saturated rings. The van der Waals surface area contributed by atoms with E-state index in [1.165, 1.54) is 0 Å². The molecule has 0 aliphatic rings. The number of nitrogens with one attached hydrogen (secondary N) is 1. The molecule has 0 saturated carbocycles. The van der Waals surface area contributed by atoms with Crippen molar-refractivity contribution in [3.8, 4) is 6.01 Å². The lowest BCUT2D eigenvalue weighted by Gasteiger charge is -2.10. The summed E-state index contributed by atoms with van der Waals surface area (Å²) in [6.45, 7) is 4.47. The summed E-state index contributed by atoms with van der Waals surface area (Å²) >= 11 is 0. The van der Waals surface area contributed by atoms with Crippen LogP contribution in [0.15, 0.2) is 12.3 Å². The zero-order valence-electron chi connectivity index (χ0n) is 11.9. The standard InChI is InChI=1S/C12H19N7O/c1-8(2)20-12-17-10(13)16-11(18-12)14-6-4-9-5-7-15-19(9)3/h5,7-8H,4,6H2,1-3H3,(H3,13,14,16,17,18). The van der Waals surface area contributed by atoms with Crippen LogP contribution in [0, 0.1) is 0 Å². The maximum Gasteiger partial charge on any atom is 0.323 e. The van der Waals surface area contributed by atoms with E-state index in [1.807, 2.05) is 31.6 Å². The summed E-state index contributed by atoms with van der Waals surface area (Å²) in [6.07, 6.45) is 2.56. The highest BCUT2D eigenvalue weighted by atomic mass is 16.5. The Bertz CT molecular complexity index is 567. The molecular formula is C12H19N7O. The molecule has 3 N–H and O–H groups in total. The number of aryl methyl sites for hydroxylation is 1. The van der Waals surface area contributed by atoms with Gasteiger partial charge in [-0.05, 0) is 19.9 Å². The third kappa shape index (κ3) is 3.81. The fourth-order valence-electron chi connectivity index (χ4n) is 1.66. The largest absolute Gasteiger partial charge is 0.461 e. The summed E-state index contributed by atoms with van der Waals surface area (Å²) in [5, 5.41) is 7.21. The van der Waals surface area contributed by atoms with Crippen LogP contribution in [0.5, 0.6) is 6.01 Å². The molecule has 108 valence electrons. The highest BCUT2D eigenvalue weighted by Gasteiger charge is 2.07. The summed E-state index contributed by atoms with van der Waals surface area (Å²) in [7, 11) is 1.91. The zero-order valence-corrected chi connectivity index (χ0v) is 11.9. The first kappa shape index (κ1) is 14.0. The van der Waals surface area contributed by atoms with Crippen LogP contribution in [-0.4, -0.2) is 37.4 Å². The SMILES string of the molecule is CC(C)Oc1nc(N)nc(NCCc2ccnn2C)n1. The number of nitrogens with two attached hydrogens (primary N) is 1. The van der Waals surface area contributed by atoms with Gasteiger partial charge in [0, 0.05) is 31.9 Å². The normalized spacial score (nSPS) is 10.8. The van der Waals surface area contributed by atoms with Gasteiger partial charge in [-0.3, -0.25) is 4.68 Å². The lowest BCUT2D eigenvalue weighted by atomic mass is 10.3. The molecule has 0 aromatic carbocycles. The Balaban J connectivity index is 1.95. The molecule has 8 heteroatoms. The van der Waals surface area contributed by atoms with E-state index in [1.54, 1.807) is 6.20 Å². The van der Waals surface area contributed by atoms with Crippen molar-refractivity contribution in [3.05, 3.63) is 18.0 Å². The van der Waals surface area contributed by atoms with E-state index in [2.05, 4.69) is 25.4 Å². The quantitative estimate of drug-likeness (QED) is 0.798. The second-order valence-electron chi connectivity index (χ2n) is 4.59. The summed E-state index contributed by atoms with van der Waals surface area (Å²) in [6, 6.07) is 2.20. The van der Waals surface area contributed by atoms with Gasteiger partial charge in [0.1, 0.15) is 0 Å². The molecule has 0 radical (unpaired) electrons. The number of hydrogen-bond acceptors (Lipinski definition) is 7. The van der Waals surface area contributed by atoms with Crippen molar-refractivity contribution >= 4 is 11.9 Å². The van der Waals surface area contributed by atoms with Crippen LogP contribution >= 0.6 is 0 Å². The van der Waals surface area contributed by atoms with Crippen molar-refractivity contribution in [2.24, 2.45) is 7.05 Å². The average molecular weight is 277 g/mol. The molecule has 0 aliphatic heterocycles. The van der Waals surface area contributed by atoms with E-state index >= 15 is 0 Å². The number of ether oxygens (including phenoxy) is 1. The van der Waals surface area contributed by atoms with Gasteiger partial charge in [0.2, 0.25) is 11.9 Å². The minimum atomic E-state index is -0.0147. The van der Waals surface area contributed by atoms with Crippen molar-refractivity contribution in [2.75, 3.05) is 17.6 Å².